The van der Waals surface area contributed by atoms with E-state index in [0.29, 0.717) is 21.8 Å². The maximum Gasteiger partial charge on any atom is 0.272 e. The number of aryl methyl sites for hydroxylation is 1. The molecule has 0 aliphatic heterocycles. The molecule has 10 heteroatoms. The van der Waals surface area contributed by atoms with Gasteiger partial charge in [-0.15, -0.1) is 34.4 Å². The molecule has 0 radical (unpaired) electrons. The van der Waals surface area contributed by atoms with E-state index in [1.54, 1.807) is 55.5 Å². The summed E-state index contributed by atoms with van der Waals surface area (Å²) in [5, 5.41) is 22.2. The van der Waals surface area contributed by atoms with Crippen LogP contribution in [0.2, 0.25) is 0 Å². The maximum absolute atomic E-state index is 13.3. The van der Waals surface area contributed by atoms with E-state index in [0.717, 1.165) is 26.5 Å². The number of rotatable bonds is 10. The van der Waals surface area contributed by atoms with Gasteiger partial charge in [0.05, 0.1) is 10.8 Å². The smallest absolute Gasteiger partial charge is 0.272 e. The van der Waals surface area contributed by atoms with Crippen LogP contribution in [0.1, 0.15) is 33.3 Å². The topological polar surface area (TPSA) is 111 Å². The lowest BCUT2D eigenvalue weighted by Gasteiger charge is -2.14. The van der Waals surface area contributed by atoms with Gasteiger partial charge in [0.25, 0.3) is 11.8 Å². The van der Waals surface area contributed by atoms with Gasteiger partial charge in [0.15, 0.2) is 0 Å². The second kappa shape index (κ2) is 14.7. The van der Waals surface area contributed by atoms with E-state index in [2.05, 4.69) is 22.0 Å². The highest BCUT2D eigenvalue weighted by atomic mass is 32.2. The van der Waals surface area contributed by atoms with Crippen molar-refractivity contribution in [3.8, 4) is 17.2 Å². The van der Waals surface area contributed by atoms with Crippen molar-refractivity contribution in [2.75, 3.05) is 10.6 Å². The molecule has 45 heavy (non-hydrogen) atoms. The monoisotopic (exact) mass is 648 g/mol. The van der Waals surface area contributed by atoms with Gasteiger partial charge in [0, 0.05) is 32.0 Å². The molecule has 3 aromatic carbocycles. The number of thioether (sulfide) groups is 1. The average Bonchev–Trinajstić information content (AvgIpc) is 3.71. The summed E-state index contributed by atoms with van der Waals surface area (Å²) in [6, 6.07) is 29.7. The van der Waals surface area contributed by atoms with Gasteiger partial charge in [-0.1, -0.05) is 60.2 Å². The molecule has 0 saturated heterocycles. The maximum atomic E-state index is 13.3. The Morgan fingerprint density at radius 3 is 2.40 bits per heavy atom. The van der Waals surface area contributed by atoms with Crippen molar-refractivity contribution in [1.82, 2.24) is 5.32 Å². The van der Waals surface area contributed by atoms with Gasteiger partial charge >= 0.3 is 0 Å². The second-order valence-corrected chi connectivity index (χ2v) is 13.2. The third kappa shape index (κ3) is 8.16. The molecular formula is C35H28N4O3S3. The number of hydrogen-bond acceptors (Lipinski definition) is 7. The summed E-state index contributed by atoms with van der Waals surface area (Å²) in [7, 11) is 0. The van der Waals surface area contributed by atoms with Crippen LogP contribution in [0, 0.1) is 18.3 Å². The first-order chi connectivity index (χ1) is 21.8. The molecule has 0 bridgehead atoms. The lowest BCUT2D eigenvalue weighted by Crippen LogP contribution is -2.30. The molecule has 0 fully saturated rings. The van der Waals surface area contributed by atoms with Crippen molar-refractivity contribution < 1.29 is 14.4 Å². The standard InChI is InChI=1S/C35H28N4O3S3/c1-22-13-15-24(16-14-22)30-21-44-35(29(30)20-36)39-32(40)23(2)45-28-11-6-10-26(18-28)37-34(42)31(19-27-12-7-17-43-27)38-33(41)25-8-4-3-5-9-25/h3-19,21,23H,1-2H3,(H,37,42)(H,38,41)(H,39,40)/b31-19-. The summed E-state index contributed by atoms with van der Waals surface area (Å²) in [5.74, 6) is -1.12. The normalized spacial score (nSPS) is 11.7. The van der Waals surface area contributed by atoms with Crippen molar-refractivity contribution in [3.05, 3.63) is 129 Å². The highest BCUT2D eigenvalue weighted by Gasteiger charge is 2.20. The molecule has 2 aromatic heterocycles. The molecule has 0 aliphatic carbocycles. The van der Waals surface area contributed by atoms with E-state index in [-0.39, 0.29) is 11.6 Å². The first kappa shape index (κ1) is 31.5. The largest absolute Gasteiger partial charge is 0.321 e. The third-order valence-electron chi connectivity index (χ3n) is 6.63. The zero-order valence-electron chi connectivity index (χ0n) is 24.4. The number of carbonyl (C=O) groups excluding carboxylic acids is 3. The first-order valence-electron chi connectivity index (χ1n) is 13.9. The van der Waals surface area contributed by atoms with Gasteiger partial charge in [0.1, 0.15) is 16.8 Å². The van der Waals surface area contributed by atoms with Crippen LogP contribution < -0.4 is 16.0 Å². The number of anilines is 2. The molecule has 0 spiro atoms. The molecule has 0 aliphatic rings. The zero-order chi connectivity index (χ0) is 31.8. The van der Waals surface area contributed by atoms with Gasteiger partial charge in [-0.05, 0) is 67.3 Å². The lowest BCUT2D eigenvalue weighted by atomic mass is 10.0. The fourth-order valence-corrected chi connectivity index (χ4v) is 6.79. The Morgan fingerprint density at radius 1 is 0.911 bits per heavy atom. The molecule has 2 heterocycles. The van der Waals surface area contributed by atoms with Crippen molar-refractivity contribution >= 4 is 68.9 Å². The number of nitriles is 1. The Morgan fingerprint density at radius 2 is 1.69 bits per heavy atom. The molecule has 3 amide bonds. The molecule has 224 valence electrons. The minimum Gasteiger partial charge on any atom is -0.321 e. The van der Waals surface area contributed by atoms with Crippen molar-refractivity contribution in [1.29, 1.82) is 5.26 Å². The minimum atomic E-state index is -0.494. The second-order valence-electron chi connectivity index (χ2n) is 9.96. The van der Waals surface area contributed by atoms with E-state index in [1.165, 1.54) is 34.4 Å². The first-order valence-corrected chi connectivity index (χ1v) is 16.5. The van der Waals surface area contributed by atoms with Gasteiger partial charge in [-0.3, -0.25) is 14.4 Å². The Balaban J connectivity index is 1.26. The minimum absolute atomic E-state index is 0.103. The zero-order valence-corrected chi connectivity index (χ0v) is 26.8. The molecule has 3 N–H and O–H groups in total. The molecule has 5 aromatic rings. The third-order valence-corrected chi connectivity index (χ3v) is 9.44. The van der Waals surface area contributed by atoms with Gasteiger partial charge in [0.2, 0.25) is 5.91 Å². The van der Waals surface area contributed by atoms with Crippen LogP contribution in [-0.4, -0.2) is 23.0 Å². The Kier molecular flexibility index (Phi) is 10.3. The Bertz CT molecular complexity index is 1890. The number of carbonyl (C=O) groups is 3. The predicted octanol–water partition coefficient (Wildman–Crippen LogP) is 8.19. The highest BCUT2D eigenvalue weighted by Crippen LogP contribution is 2.36. The van der Waals surface area contributed by atoms with E-state index in [9.17, 15) is 19.6 Å². The van der Waals surface area contributed by atoms with E-state index >= 15 is 0 Å². The summed E-state index contributed by atoms with van der Waals surface area (Å²) in [5.41, 5.74) is 4.31. The van der Waals surface area contributed by atoms with Crippen LogP contribution in [0.3, 0.4) is 0 Å². The van der Waals surface area contributed by atoms with Gasteiger partial charge in [-0.2, -0.15) is 5.26 Å². The number of nitrogens with one attached hydrogen (secondary N) is 3. The number of hydrogen-bond donors (Lipinski definition) is 3. The summed E-state index contributed by atoms with van der Waals surface area (Å²) >= 11 is 4.10. The summed E-state index contributed by atoms with van der Waals surface area (Å²) in [6.07, 6.45) is 1.64. The van der Waals surface area contributed by atoms with Crippen molar-refractivity contribution in [2.24, 2.45) is 0 Å². The van der Waals surface area contributed by atoms with Crippen LogP contribution in [-0.2, 0) is 9.59 Å². The van der Waals surface area contributed by atoms with Crippen LogP contribution in [0.15, 0.2) is 112 Å². The number of thiophene rings is 2. The summed E-state index contributed by atoms with van der Waals surface area (Å²) in [6.45, 7) is 3.79. The SMILES string of the molecule is Cc1ccc(-c2csc(NC(=O)C(C)Sc3cccc(NC(=O)/C(=C/c4cccs4)NC(=O)c4ccccc4)c3)c2C#N)cc1. The van der Waals surface area contributed by atoms with Crippen LogP contribution in [0.4, 0.5) is 10.7 Å². The molecule has 0 saturated carbocycles. The average molecular weight is 649 g/mol. The molecule has 7 nitrogen and oxygen atoms in total. The number of benzene rings is 3. The Labute approximate surface area is 273 Å². The van der Waals surface area contributed by atoms with Crippen LogP contribution >= 0.6 is 34.4 Å². The Hall–Kier alpha value is -4.95. The molecular weight excluding hydrogens is 621 g/mol. The van der Waals surface area contributed by atoms with Crippen LogP contribution in [0.25, 0.3) is 17.2 Å². The van der Waals surface area contributed by atoms with Crippen molar-refractivity contribution in [2.45, 2.75) is 24.0 Å². The van der Waals surface area contributed by atoms with Crippen LogP contribution in [0.5, 0.6) is 0 Å². The van der Waals surface area contributed by atoms with Gasteiger partial charge in [-0.25, -0.2) is 0 Å². The molecule has 5 rings (SSSR count). The van der Waals surface area contributed by atoms with E-state index in [1.807, 2.05) is 66.2 Å². The van der Waals surface area contributed by atoms with E-state index in [4.69, 9.17) is 0 Å². The summed E-state index contributed by atoms with van der Waals surface area (Å²) in [4.78, 5) is 40.9. The predicted molar refractivity (Wildman–Crippen MR) is 184 cm³/mol. The number of nitrogens with zero attached hydrogens (tertiary/aromatic N) is 1. The molecule has 1 atom stereocenters. The summed E-state index contributed by atoms with van der Waals surface area (Å²) < 4.78 is 0. The number of amides is 3. The quantitative estimate of drug-likeness (QED) is 0.104. The lowest BCUT2D eigenvalue weighted by molar-refractivity contribution is -0.115. The van der Waals surface area contributed by atoms with Crippen molar-refractivity contribution in [3.63, 3.8) is 0 Å². The molecule has 1 unspecified atom stereocenters. The fraction of sp³-hybridized carbons (Fsp3) is 0.0857. The highest BCUT2D eigenvalue weighted by molar-refractivity contribution is 8.00. The van der Waals surface area contributed by atoms with Gasteiger partial charge < -0.3 is 16.0 Å². The fourth-order valence-electron chi connectivity index (χ4n) is 4.28. The van der Waals surface area contributed by atoms with E-state index < -0.39 is 17.1 Å².